The van der Waals surface area contributed by atoms with Gasteiger partial charge in [0.1, 0.15) is 5.75 Å². The molecule has 2 aromatic carbocycles. The Bertz CT molecular complexity index is 862. The molecule has 0 saturated carbocycles. The number of hydrogen-bond acceptors (Lipinski definition) is 4. The predicted octanol–water partition coefficient (Wildman–Crippen LogP) is 3.58. The Labute approximate surface area is 167 Å². The molecule has 0 unspecified atom stereocenters. The highest BCUT2D eigenvalue weighted by atomic mass is 32.2. The van der Waals surface area contributed by atoms with Crippen molar-refractivity contribution >= 4 is 21.6 Å². The van der Waals surface area contributed by atoms with Crippen LogP contribution in [-0.2, 0) is 16.6 Å². The average Bonchev–Trinajstić information content (AvgIpc) is 2.67. The molecule has 0 aromatic heterocycles. The summed E-state index contributed by atoms with van der Waals surface area (Å²) in [5.41, 5.74) is 1.92. The first-order valence-electron chi connectivity index (χ1n) is 9.42. The van der Waals surface area contributed by atoms with Crippen molar-refractivity contribution in [1.29, 1.82) is 0 Å². The number of unbranched alkanes of at least 4 members (excludes halogenated alkanes) is 1. The Morgan fingerprint density at radius 2 is 1.68 bits per heavy atom. The van der Waals surface area contributed by atoms with Gasteiger partial charge in [-0.2, -0.15) is 0 Å². The lowest BCUT2D eigenvalue weighted by atomic mass is 10.1. The highest BCUT2D eigenvalue weighted by molar-refractivity contribution is 7.92. The SMILES string of the molecule is CCCCNC(=O)c1ccc(CN(c2ccc(OCC)cc2)S(C)(=O)=O)cc1. The molecule has 6 nitrogen and oxygen atoms in total. The molecule has 0 saturated heterocycles. The van der Waals surface area contributed by atoms with Crippen molar-refractivity contribution in [3.8, 4) is 5.75 Å². The van der Waals surface area contributed by atoms with Gasteiger partial charge in [0, 0.05) is 12.1 Å². The van der Waals surface area contributed by atoms with Crippen LogP contribution in [0.5, 0.6) is 5.75 Å². The van der Waals surface area contributed by atoms with Gasteiger partial charge in [0.15, 0.2) is 0 Å². The number of anilines is 1. The van der Waals surface area contributed by atoms with Gasteiger partial charge >= 0.3 is 0 Å². The summed E-state index contributed by atoms with van der Waals surface area (Å²) in [7, 11) is -3.47. The van der Waals surface area contributed by atoms with E-state index in [-0.39, 0.29) is 12.5 Å². The third-order valence-corrected chi connectivity index (χ3v) is 5.33. The first kappa shape index (κ1) is 21.8. The van der Waals surface area contributed by atoms with E-state index in [1.54, 1.807) is 48.5 Å². The van der Waals surface area contributed by atoms with Crippen LogP contribution in [0.25, 0.3) is 0 Å². The Balaban J connectivity index is 2.13. The number of sulfonamides is 1. The minimum absolute atomic E-state index is 0.119. The summed E-state index contributed by atoms with van der Waals surface area (Å²) < 4.78 is 31.3. The van der Waals surface area contributed by atoms with Crippen LogP contribution in [0.15, 0.2) is 48.5 Å². The van der Waals surface area contributed by atoms with E-state index in [1.165, 1.54) is 10.6 Å². The second kappa shape index (κ2) is 10.1. The third kappa shape index (κ3) is 6.27. The van der Waals surface area contributed by atoms with Gasteiger partial charge in [-0.1, -0.05) is 25.5 Å². The van der Waals surface area contributed by atoms with E-state index in [4.69, 9.17) is 4.74 Å². The van der Waals surface area contributed by atoms with Crippen molar-refractivity contribution in [1.82, 2.24) is 5.32 Å². The molecule has 0 atom stereocenters. The van der Waals surface area contributed by atoms with Gasteiger partial charge in [0.25, 0.3) is 5.91 Å². The Morgan fingerprint density at radius 3 is 2.21 bits per heavy atom. The van der Waals surface area contributed by atoms with Gasteiger partial charge in [-0.3, -0.25) is 9.10 Å². The summed E-state index contributed by atoms with van der Waals surface area (Å²) in [5, 5.41) is 2.87. The fourth-order valence-electron chi connectivity index (χ4n) is 2.68. The lowest BCUT2D eigenvalue weighted by Gasteiger charge is -2.23. The molecular weight excluding hydrogens is 376 g/mol. The molecule has 0 aliphatic carbocycles. The van der Waals surface area contributed by atoms with Crippen LogP contribution >= 0.6 is 0 Å². The standard InChI is InChI=1S/C21H28N2O4S/c1-4-6-15-22-21(24)18-9-7-17(8-10-18)16-23(28(3,25)26)19-11-13-20(14-12-19)27-5-2/h7-14H,4-6,15-16H2,1-3H3,(H,22,24). The van der Waals surface area contributed by atoms with E-state index in [2.05, 4.69) is 12.2 Å². The molecule has 0 fully saturated rings. The minimum Gasteiger partial charge on any atom is -0.494 e. The number of benzene rings is 2. The van der Waals surface area contributed by atoms with Crippen LogP contribution in [0.2, 0.25) is 0 Å². The maximum absolute atomic E-state index is 12.3. The lowest BCUT2D eigenvalue weighted by molar-refractivity contribution is 0.0953. The summed E-state index contributed by atoms with van der Waals surface area (Å²) in [6.07, 6.45) is 3.14. The topological polar surface area (TPSA) is 75.7 Å². The fourth-order valence-corrected chi connectivity index (χ4v) is 3.57. The van der Waals surface area contributed by atoms with Crippen LogP contribution in [0.3, 0.4) is 0 Å². The van der Waals surface area contributed by atoms with E-state index < -0.39 is 10.0 Å². The number of nitrogens with zero attached hydrogens (tertiary/aromatic N) is 1. The van der Waals surface area contributed by atoms with Gasteiger partial charge in [0.2, 0.25) is 10.0 Å². The van der Waals surface area contributed by atoms with Gasteiger partial charge in [-0.25, -0.2) is 8.42 Å². The van der Waals surface area contributed by atoms with E-state index in [0.717, 1.165) is 18.4 Å². The Morgan fingerprint density at radius 1 is 1.04 bits per heavy atom. The molecule has 152 valence electrons. The van der Waals surface area contributed by atoms with Crippen molar-refractivity contribution in [2.75, 3.05) is 23.7 Å². The molecule has 28 heavy (non-hydrogen) atoms. The number of hydrogen-bond donors (Lipinski definition) is 1. The average molecular weight is 405 g/mol. The molecule has 2 rings (SSSR count). The summed E-state index contributed by atoms with van der Waals surface area (Å²) in [6.45, 7) is 5.35. The summed E-state index contributed by atoms with van der Waals surface area (Å²) in [6, 6.07) is 13.9. The van der Waals surface area contributed by atoms with E-state index in [9.17, 15) is 13.2 Å². The molecule has 0 radical (unpaired) electrons. The zero-order valence-corrected chi connectivity index (χ0v) is 17.5. The molecule has 0 aliphatic rings. The van der Waals surface area contributed by atoms with Crippen LogP contribution in [0.4, 0.5) is 5.69 Å². The van der Waals surface area contributed by atoms with Crippen LogP contribution in [-0.4, -0.2) is 33.7 Å². The third-order valence-electron chi connectivity index (χ3n) is 4.19. The second-order valence-corrected chi connectivity index (χ2v) is 8.41. The molecule has 0 spiro atoms. The van der Waals surface area contributed by atoms with E-state index >= 15 is 0 Å². The Kier molecular flexibility index (Phi) is 7.87. The predicted molar refractivity (Wildman–Crippen MR) is 112 cm³/mol. The molecule has 0 heterocycles. The highest BCUT2D eigenvalue weighted by Gasteiger charge is 2.18. The maximum atomic E-state index is 12.3. The first-order chi connectivity index (χ1) is 13.3. The molecular formula is C21H28N2O4S. The van der Waals surface area contributed by atoms with Gasteiger partial charge < -0.3 is 10.1 Å². The second-order valence-electron chi connectivity index (χ2n) is 6.50. The quantitative estimate of drug-likeness (QED) is 0.614. The molecule has 2 aromatic rings. The number of nitrogens with one attached hydrogen (secondary N) is 1. The zero-order chi connectivity index (χ0) is 20.6. The molecule has 0 aliphatic heterocycles. The van der Waals surface area contributed by atoms with Gasteiger partial charge in [-0.05, 0) is 55.3 Å². The normalized spacial score (nSPS) is 11.1. The lowest BCUT2D eigenvalue weighted by Crippen LogP contribution is -2.29. The van der Waals surface area contributed by atoms with Crippen molar-refractivity contribution in [3.63, 3.8) is 0 Å². The number of ether oxygens (including phenoxy) is 1. The van der Waals surface area contributed by atoms with Gasteiger partial charge in [-0.15, -0.1) is 0 Å². The summed E-state index contributed by atoms with van der Waals surface area (Å²) in [5.74, 6) is 0.574. The molecule has 0 bridgehead atoms. The van der Waals surface area contributed by atoms with Gasteiger partial charge in [0.05, 0.1) is 25.1 Å². The first-order valence-corrected chi connectivity index (χ1v) is 11.3. The van der Waals surface area contributed by atoms with Crippen LogP contribution < -0.4 is 14.4 Å². The fraction of sp³-hybridized carbons (Fsp3) is 0.381. The molecule has 1 amide bonds. The van der Waals surface area contributed by atoms with Crippen molar-refractivity contribution in [3.05, 3.63) is 59.7 Å². The number of rotatable bonds is 10. The van der Waals surface area contributed by atoms with Crippen molar-refractivity contribution in [2.45, 2.75) is 33.2 Å². The van der Waals surface area contributed by atoms with E-state index in [1.807, 2.05) is 6.92 Å². The number of carbonyl (C=O) groups excluding carboxylic acids is 1. The molecule has 7 heteroatoms. The Hall–Kier alpha value is -2.54. The van der Waals surface area contributed by atoms with Crippen LogP contribution in [0.1, 0.15) is 42.6 Å². The van der Waals surface area contributed by atoms with Crippen LogP contribution in [0, 0.1) is 0 Å². The monoisotopic (exact) mass is 404 g/mol. The zero-order valence-electron chi connectivity index (χ0n) is 16.6. The highest BCUT2D eigenvalue weighted by Crippen LogP contribution is 2.24. The number of amides is 1. The summed E-state index contributed by atoms with van der Waals surface area (Å²) >= 11 is 0. The summed E-state index contributed by atoms with van der Waals surface area (Å²) in [4.78, 5) is 12.1. The molecule has 1 N–H and O–H groups in total. The van der Waals surface area contributed by atoms with E-state index in [0.29, 0.717) is 30.2 Å². The van der Waals surface area contributed by atoms with Crippen molar-refractivity contribution < 1.29 is 17.9 Å². The largest absolute Gasteiger partial charge is 0.494 e. The minimum atomic E-state index is -3.47. The van der Waals surface area contributed by atoms with Crippen molar-refractivity contribution in [2.24, 2.45) is 0 Å². The smallest absolute Gasteiger partial charge is 0.251 e. The number of carbonyl (C=O) groups is 1. The maximum Gasteiger partial charge on any atom is 0.251 e.